The van der Waals surface area contributed by atoms with E-state index in [1.54, 1.807) is 22.8 Å². The predicted molar refractivity (Wildman–Crippen MR) is 84.2 cm³/mol. The van der Waals surface area contributed by atoms with Gasteiger partial charge in [-0.2, -0.15) is 5.10 Å². The summed E-state index contributed by atoms with van der Waals surface area (Å²) >= 11 is 0. The van der Waals surface area contributed by atoms with Gasteiger partial charge in [0.15, 0.2) is 0 Å². The third-order valence-electron chi connectivity index (χ3n) is 3.24. The summed E-state index contributed by atoms with van der Waals surface area (Å²) < 4.78 is 1.74. The van der Waals surface area contributed by atoms with Gasteiger partial charge in [-0.1, -0.05) is 6.92 Å². The molecule has 21 heavy (non-hydrogen) atoms. The molecule has 5 heteroatoms. The molecule has 0 bridgehead atoms. The summed E-state index contributed by atoms with van der Waals surface area (Å²) in [5, 5.41) is 7.41. The summed E-state index contributed by atoms with van der Waals surface area (Å²) in [5.74, 6) is 0.0147. The molecule has 0 saturated carbocycles. The molecule has 0 aliphatic heterocycles. The summed E-state index contributed by atoms with van der Waals surface area (Å²) in [7, 11) is 3.67. The SMILES string of the molecule is CCCNc1ccc(C(=O)N(C)Cc2cnn(C)c2)cc1. The van der Waals surface area contributed by atoms with Crippen LogP contribution in [0.25, 0.3) is 0 Å². The van der Waals surface area contributed by atoms with Gasteiger partial charge in [-0.25, -0.2) is 0 Å². The Morgan fingerprint density at radius 3 is 2.62 bits per heavy atom. The molecule has 0 aliphatic carbocycles. The van der Waals surface area contributed by atoms with Gasteiger partial charge in [0.25, 0.3) is 5.91 Å². The molecule has 2 aromatic rings. The van der Waals surface area contributed by atoms with Crippen molar-refractivity contribution in [1.29, 1.82) is 0 Å². The topological polar surface area (TPSA) is 50.2 Å². The number of nitrogens with one attached hydrogen (secondary N) is 1. The minimum atomic E-state index is 0.0147. The minimum absolute atomic E-state index is 0.0147. The number of aryl methyl sites for hydroxylation is 1. The number of anilines is 1. The van der Waals surface area contributed by atoms with Gasteiger partial charge in [0.05, 0.1) is 6.20 Å². The minimum Gasteiger partial charge on any atom is -0.385 e. The number of hydrogen-bond acceptors (Lipinski definition) is 3. The number of aromatic nitrogens is 2. The van der Waals surface area contributed by atoms with Crippen LogP contribution in [0.1, 0.15) is 29.3 Å². The molecule has 1 aromatic carbocycles. The lowest BCUT2D eigenvalue weighted by Gasteiger charge is -2.16. The Hall–Kier alpha value is -2.30. The lowest BCUT2D eigenvalue weighted by Crippen LogP contribution is -2.26. The largest absolute Gasteiger partial charge is 0.385 e. The van der Waals surface area contributed by atoms with Crippen molar-refractivity contribution in [3.63, 3.8) is 0 Å². The van der Waals surface area contributed by atoms with Gasteiger partial charge in [0.1, 0.15) is 0 Å². The van der Waals surface area contributed by atoms with E-state index >= 15 is 0 Å². The number of hydrogen-bond donors (Lipinski definition) is 1. The molecule has 112 valence electrons. The highest BCUT2D eigenvalue weighted by Gasteiger charge is 2.12. The second kappa shape index (κ2) is 6.92. The van der Waals surface area contributed by atoms with Gasteiger partial charge in [-0.05, 0) is 30.7 Å². The normalized spacial score (nSPS) is 10.4. The highest BCUT2D eigenvalue weighted by Crippen LogP contribution is 2.12. The summed E-state index contributed by atoms with van der Waals surface area (Å²) in [6.07, 6.45) is 4.78. The number of carbonyl (C=O) groups is 1. The van der Waals surface area contributed by atoms with Crippen molar-refractivity contribution in [3.8, 4) is 0 Å². The smallest absolute Gasteiger partial charge is 0.253 e. The van der Waals surface area contributed by atoms with E-state index in [1.807, 2.05) is 37.5 Å². The zero-order valence-corrected chi connectivity index (χ0v) is 12.8. The van der Waals surface area contributed by atoms with E-state index in [0.29, 0.717) is 12.1 Å². The predicted octanol–water partition coefficient (Wildman–Crippen LogP) is 2.51. The van der Waals surface area contributed by atoms with Gasteiger partial charge in [-0.15, -0.1) is 0 Å². The Morgan fingerprint density at radius 1 is 1.33 bits per heavy atom. The second-order valence-corrected chi connectivity index (χ2v) is 5.19. The van der Waals surface area contributed by atoms with E-state index in [1.165, 1.54) is 0 Å². The molecule has 2 rings (SSSR count). The van der Waals surface area contributed by atoms with Gasteiger partial charge in [0.2, 0.25) is 0 Å². The van der Waals surface area contributed by atoms with E-state index in [4.69, 9.17) is 0 Å². The molecule has 0 radical (unpaired) electrons. The van der Waals surface area contributed by atoms with Crippen molar-refractivity contribution >= 4 is 11.6 Å². The van der Waals surface area contributed by atoms with Crippen LogP contribution >= 0.6 is 0 Å². The molecular weight excluding hydrogens is 264 g/mol. The Morgan fingerprint density at radius 2 is 2.05 bits per heavy atom. The van der Waals surface area contributed by atoms with Gasteiger partial charge in [0, 0.05) is 50.2 Å². The van der Waals surface area contributed by atoms with Crippen LogP contribution < -0.4 is 5.32 Å². The average Bonchev–Trinajstić information content (AvgIpc) is 2.90. The van der Waals surface area contributed by atoms with Gasteiger partial charge < -0.3 is 10.2 Å². The molecule has 0 saturated heterocycles. The third kappa shape index (κ3) is 4.08. The summed E-state index contributed by atoms with van der Waals surface area (Å²) in [6, 6.07) is 7.61. The first-order valence-electron chi connectivity index (χ1n) is 7.17. The molecule has 0 fully saturated rings. The fourth-order valence-corrected chi connectivity index (χ4v) is 2.12. The third-order valence-corrected chi connectivity index (χ3v) is 3.24. The van der Waals surface area contributed by atoms with Crippen LogP contribution in [0, 0.1) is 0 Å². The van der Waals surface area contributed by atoms with Crippen LogP contribution in [0.2, 0.25) is 0 Å². The van der Waals surface area contributed by atoms with Gasteiger partial charge >= 0.3 is 0 Å². The van der Waals surface area contributed by atoms with Crippen molar-refractivity contribution in [3.05, 3.63) is 47.8 Å². The van der Waals surface area contributed by atoms with E-state index < -0.39 is 0 Å². The van der Waals surface area contributed by atoms with E-state index in [0.717, 1.165) is 24.2 Å². The first-order chi connectivity index (χ1) is 10.1. The first kappa shape index (κ1) is 15.1. The first-order valence-corrected chi connectivity index (χ1v) is 7.17. The maximum absolute atomic E-state index is 12.4. The van der Waals surface area contributed by atoms with Crippen LogP contribution in [0.3, 0.4) is 0 Å². The number of amides is 1. The molecule has 0 atom stereocenters. The summed E-state index contributed by atoms with van der Waals surface area (Å²) in [5.41, 5.74) is 2.77. The molecule has 0 unspecified atom stereocenters. The summed E-state index contributed by atoms with van der Waals surface area (Å²) in [6.45, 7) is 3.62. The Labute approximate surface area is 125 Å². The number of nitrogens with zero attached hydrogens (tertiary/aromatic N) is 3. The highest BCUT2D eigenvalue weighted by atomic mass is 16.2. The second-order valence-electron chi connectivity index (χ2n) is 5.19. The monoisotopic (exact) mass is 286 g/mol. The van der Waals surface area contributed by atoms with Crippen molar-refractivity contribution in [1.82, 2.24) is 14.7 Å². The molecule has 1 aromatic heterocycles. The Bertz CT molecular complexity index is 589. The van der Waals surface area contributed by atoms with Crippen molar-refractivity contribution in [2.24, 2.45) is 7.05 Å². The van der Waals surface area contributed by atoms with Crippen molar-refractivity contribution in [2.45, 2.75) is 19.9 Å². The summed E-state index contributed by atoms with van der Waals surface area (Å²) in [4.78, 5) is 14.1. The maximum atomic E-state index is 12.4. The van der Waals surface area contributed by atoms with E-state index in [-0.39, 0.29) is 5.91 Å². The molecule has 5 nitrogen and oxygen atoms in total. The Balaban J connectivity index is 1.98. The fourth-order valence-electron chi connectivity index (χ4n) is 2.12. The van der Waals surface area contributed by atoms with Crippen LogP contribution in [-0.4, -0.2) is 34.2 Å². The van der Waals surface area contributed by atoms with Crippen LogP contribution in [0.15, 0.2) is 36.7 Å². The average molecular weight is 286 g/mol. The molecule has 1 heterocycles. The molecular formula is C16H22N4O. The lowest BCUT2D eigenvalue weighted by molar-refractivity contribution is 0.0785. The van der Waals surface area contributed by atoms with Crippen LogP contribution in [0.4, 0.5) is 5.69 Å². The molecule has 0 spiro atoms. The highest BCUT2D eigenvalue weighted by molar-refractivity contribution is 5.94. The van der Waals surface area contributed by atoms with Crippen LogP contribution in [-0.2, 0) is 13.6 Å². The van der Waals surface area contributed by atoms with Crippen LogP contribution in [0.5, 0.6) is 0 Å². The van der Waals surface area contributed by atoms with E-state index in [2.05, 4.69) is 17.3 Å². The fraction of sp³-hybridized carbons (Fsp3) is 0.375. The number of rotatable bonds is 6. The lowest BCUT2D eigenvalue weighted by atomic mass is 10.1. The standard InChI is InChI=1S/C16H22N4O/c1-4-9-17-15-7-5-14(6-8-15)16(21)19(2)11-13-10-18-20(3)12-13/h5-8,10,12,17H,4,9,11H2,1-3H3. The van der Waals surface area contributed by atoms with Crippen molar-refractivity contribution in [2.75, 3.05) is 18.9 Å². The Kier molecular flexibility index (Phi) is 4.98. The molecule has 0 aliphatic rings. The zero-order chi connectivity index (χ0) is 15.2. The molecule has 1 N–H and O–H groups in total. The maximum Gasteiger partial charge on any atom is 0.253 e. The molecule has 1 amide bonds. The number of carbonyl (C=O) groups excluding carboxylic acids is 1. The quantitative estimate of drug-likeness (QED) is 0.887. The van der Waals surface area contributed by atoms with Crippen molar-refractivity contribution < 1.29 is 4.79 Å². The van der Waals surface area contributed by atoms with E-state index in [9.17, 15) is 4.79 Å². The van der Waals surface area contributed by atoms with Gasteiger partial charge in [-0.3, -0.25) is 9.48 Å². The number of benzene rings is 1. The zero-order valence-electron chi connectivity index (χ0n) is 12.8.